The Morgan fingerprint density at radius 1 is 1.14 bits per heavy atom. The lowest BCUT2D eigenvalue weighted by Gasteiger charge is -2.13. The maximum atomic E-state index is 13.2. The van der Waals surface area contributed by atoms with Crippen molar-refractivity contribution < 1.29 is 14.5 Å². The molecule has 1 aliphatic heterocycles. The molecule has 1 aromatic heterocycles. The second kappa shape index (κ2) is 12.2. The first-order chi connectivity index (χ1) is 17.9. The van der Waals surface area contributed by atoms with Crippen molar-refractivity contribution in [3.05, 3.63) is 75.3 Å². The van der Waals surface area contributed by atoms with Gasteiger partial charge in [0.1, 0.15) is 10.0 Å². The van der Waals surface area contributed by atoms with Crippen molar-refractivity contribution in [1.29, 1.82) is 0 Å². The highest BCUT2D eigenvalue weighted by Crippen LogP contribution is 2.37. The number of nitrogens with zero attached hydrogens (tertiary/aromatic N) is 4. The summed E-state index contributed by atoms with van der Waals surface area (Å²) in [6.45, 7) is 4.84. The summed E-state index contributed by atoms with van der Waals surface area (Å²) in [5.74, 6) is 0.0758. The second-order valence-electron chi connectivity index (χ2n) is 8.48. The van der Waals surface area contributed by atoms with Crippen LogP contribution in [-0.2, 0) is 4.79 Å². The van der Waals surface area contributed by atoms with Crippen molar-refractivity contribution in [1.82, 2.24) is 14.7 Å². The number of carbonyl (C=O) groups is 1. The number of nitro benzene ring substituents is 1. The highest BCUT2D eigenvalue weighted by Gasteiger charge is 2.32. The number of carbonyl (C=O) groups excluding carboxylic acids is 1. The van der Waals surface area contributed by atoms with Gasteiger partial charge in [-0.05, 0) is 43.7 Å². The Morgan fingerprint density at radius 3 is 2.62 bits per heavy atom. The van der Waals surface area contributed by atoms with Crippen molar-refractivity contribution in [2.24, 2.45) is 0 Å². The number of ether oxygens (including phenoxy) is 1. The van der Waals surface area contributed by atoms with E-state index < -0.39 is 4.92 Å². The number of thiocarbonyl (C=S) groups is 1. The number of nitro groups is 1. The van der Waals surface area contributed by atoms with Gasteiger partial charge in [-0.1, -0.05) is 68.4 Å². The molecule has 2 heterocycles. The van der Waals surface area contributed by atoms with Crippen molar-refractivity contribution in [2.45, 2.75) is 39.5 Å². The van der Waals surface area contributed by atoms with E-state index in [4.69, 9.17) is 22.1 Å². The summed E-state index contributed by atoms with van der Waals surface area (Å²) in [7, 11) is 0. The molecule has 0 unspecified atom stereocenters. The number of aromatic nitrogens is 2. The maximum Gasteiger partial charge on any atom is 0.311 e. The third-order valence-corrected chi connectivity index (χ3v) is 7.27. The quantitative estimate of drug-likeness (QED) is 0.0893. The van der Waals surface area contributed by atoms with Crippen molar-refractivity contribution in [2.75, 3.05) is 13.2 Å². The molecule has 0 bridgehead atoms. The van der Waals surface area contributed by atoms with E-state index in [2.05, 4.69) is 6.92 Å². The highest BCUT2D eigenvalue weighted by molar-refractivity contribution is 8.26. The number of unbranched alkanes of at least 4 members (excludes halogenated alkanes) is 3. The lowest BCUT2D eigenvalue weighted by molar-refractivity contribution is -0.385. The van der Waals surface area contributed by atoms with E-state index in [0.717, 1.165) is 31.4 Å². The molecular formula is C27H28N4O4S2. The van der Waals surface area contributed by atoms with Gasteiger partial charge in [-0.3, -0.25) is 19.8 Å². The molecule has 1 fully saturated rings. The first kappa shape index (κ1) is 26.6. The number of rotatable bonds is 11. The molecule has 2 aromatic carbocycles. The molecule has 192 valence electrons. The van der Waals surface area contributed by atoms with Crippen LogP contribution < -0.4 is 4.74 Å². The van der Waals surface area contributed by atoms with Crippen LogP contribution in [-0.4, -0.2) is 43.0 Å². The summed E-state index contributed by atoms with van der Waals surface area (Å²) in [4.78, 5) is 26.6. The number of hydrogen-bond acceptors (Lipinski definition) is 7. The van der Waals surface area contributed by atoms with Crippen molar-refractivity contribution in [3.8, 4) is 22.7 Å². The molecule has 0 radical (unpaired) electrons. The van der Waals surface area contributed by atoms with Crippen LogP contribution in [0.4, 0.5) is 5.69 Å². The van der Waals surface area contributed by atoms with Crippen LogP contribution >= 0.6 is 24.0 Å². The average Bonchev–Trinajstić information content (AvgIpc) is 3.43. The third-order valence-electron chi connectivity index (χ3n) is 5.89. The van der Waals surface area contributed by atoms with E-state index in [9.17, 15) is 14.9 Å². The molecule has 1 amide bonds. The van der Waals surface area contributed by atoms with Gasteiger partial charge in [-0.2, -0.15) is 5.10 Å². The van der Waals surface area contributed by atoms with E-state index >= 15 is 0 Å². The minimum atomic E-state index is -0.466. The smallest absolute Gasteiger partial charge is 0.311 e. The monoisotopic (exact) mass is 536 g/mol. The molecule has 0 spiro atoms. The molecule has 4 rings (SSSR count). The first-order valence-corrected chi connectivity index (χ1v) is 13.5. The molecule has 10 heteroatoms. The van der Waals surface area contributed by atoms with Crippen LogP contribution in [0.3, 0.4) is 0 Å². The summed E-state index contributed by atoms with van der Waals surface area (Å²) in [5.41, 5.74) is 2.41. The van der Waals surface area contributed by atoms with Crippen LogP contribution in [0, 0.1) is 10.1 Å². The second-order valence-corrected chi connectivity index (χ2v) is 10.2. The minimum absolute atomic E-state index is 0.123. The number of para-hydroxylation sites is 1. The van der Waals surface area contributed by atoms with E-state index in [0.29, 0.717) is 39.2 Å². The lowest BCUT2D eigenvalue weighted by Crippen LogP contribution is -2.29. The number of benzene rings is 2. The Hall–Kier alpha value is -3.50. The average molecular weight is 537 g/mol. The summed E-state index contributed by atoms with van der Waals surface area (Å²) in [6, 6.07) is 14.3. The topological polar surface area (TPSA) is 90.5 Å². The molecule has 8 nitrogen and oxygen atoms in total. The normalized spacial score (nSPS) is 14.5. The Labute approximate surface area is 225 Å². The van der Waals surface area contributed by atoms with Crippen LogP contribution in [0.5, 0.6) is 5.75 Å². The van der Waals surface area contributed by atoms with Crippen molar-refractivity contribution >= 4 is 46.0 Å². The van der Waals surface area contributed by atoms with Gasteiger partial charge in [0.25, 0.3) is 5.91 Å². The number of hydrogen-bond donors (Lipinski definition) is 0. The SMILES string of the molecule is CCCCCCN1C(=O)/C(=C/c2cn(-c3ccccc3)nc2-c2ccc(OCC)c([N+](=O)[O-])c2)SC1=S. The van der Waals surface area contributed by atoms with Crippen LogP contribution in [0.15, 0.2) is 59.6 Å². The van der Waals surface area contributed by atoms with Crippen LogP contribution in [0.25, 0.3) is 23.0 Å². The fourth-order valence-corrected chi connectivity index (χ4v) is 5.35. The van der Waals surface area contributed by atoms with Gasteiger partial charge in [-0.25, -0.2) is 4.68 Å². The van der Waals surface area contributed by atoms with Gasteiger partial charge < -0.3 is 4.74 Å². The summed E-state index contributed by atoms with van der Waals surface area (Å²) in [5, 5.41) is 16.5. The Kier molecular flexibility index (Phi) is 8.73. The molecular weight excluding hydrogens is 508 g/mol. The standard InChI is InChI=1S/C27H28N4O4S2/c1-3-5-6-10-15-29-26(32)24(37-27(29)36)17-20-18-30(21-11-8-7-9-12-21)28-25(20)19-13-14-23(35-4-2)22(16-19)31(33)34/h7-9,11-14,16-18H,3-6,10,15H2,1-2H3/b24-17-. The van der Waals surface area contributed by atoms with E-state index in [1.165, 1.54) is 17.8 Å². The van der Waals surface area contributed by atoms with E-state index in [-0.39, 0.29) is 17.3 Å². The van der Waals surface area contributed by atoms with Gasteiger partial charge in [0.05, 0.1) is 22.1 Å². The lowest BCUT2D eigenvalue weighted by atomic mass is 10.1. The Bertz CT molecular complexity index is 1340. The summed E-state index contributed by atoms with van der Waals surface area (Å²) >= 11 is 6.77. The van der Waals surface area contributed by atoms with Crippen LogP contribution in [0.2, 0.25) is 0 Å². The molecule has 0 saturated carbocycles. The van der Waals surface area contributed by atoms with Crippen LogP contribution in [0.1, 0.15) is 45.1 Å². The predicted molar refractivity (Wildman–Crippen MR) is 151 cm³/mol. The molecule has 37 heavy (non-hydrogen) atoms. The Morgan fingerprint density at radius 2 is 1.92 bits per heavy atom. The fourth-order valence-electron chi connectivity index (χ4n) is 4.05. The first-order valence-electron chi connectivity index (χ1n) is 12.2. The Balaban J connectivity index is 1.74. The molecule has 1 saturated heterocycles. The van der Waals surface area contributed by atoms with Gasteiger partial charge in [-0.15, -0.1) is 0 Å². The largest absolute Gasteiger partial charge is 0.487 e. The summed E-state index contributed by atoms with van der Waals surface area (Å²) in [6.07, 6.45) is 7.80. The molecule has 3 aromatic rings. The zero-order valence-electron chi connectivity index (χ0n) is 20.8. The van der Waals surface area contributed by atoms with E-state index in [1.807, 2.05) is 36.5 Å². The molecule has 1 aliphatic rings. The number of thioether (sulfide) groups is 1. The zero-order chi connectivity index (χ0) is 26.4. The van der Waals surface area contributed by atoms with Gasteiger partial charge >= 0.3 is 5.69 Å². The van der Waals surface area contributed by atoms with Gasteiger partial charge in [0.2, 0.25) is 0 Å². The van der Waals surface area contributed by atoms with Crippen molar-refractivity contribution in [3.63, 3.8) is 0 Å². The van der Waals surface area contributed by atoms with Gasteiger partial charge in [0, 0.05) is 29.9 Å². The number of amides is 1. The van der Waals surface area contributed by atoms with E-state index in [1.54, 1.807) is 34.7 Å². The molecule has 0 N–H and O–H groups in total. The van der Waals surface area contributed by atoms with Gasteiger partial charge in [0.15, 0.2) is 5.75 Å². The maximum absolute atomic E-state index is 13.2. The third kappa shape index (κ3) is 6.08. The molecule has 0 aliphatic carbocycles. The molecule has 0 atom stereocenters. The predicted octanol–water partition coefficient (Wildman–Crippen LogP) is 6.63. The fraction of sp³-hybridized carbons (Fsp3) is 0.296. The minimum Gasteiger partial charge on any atom is -0.487 e. The summed E-state index contributed by atoms with van der Waals surface area (Å²) < 4.78 is 7.69. The zero-order valence-corrected chi connectivity index (χ0v) is 22.4. The highest BCUT2D eigenvalue weighted by atomic mass is 32.2.